The first-order valence-electron chi connectivity index (χ1n) is 7.11. The molecule has 0 aliphatic carbocycles. The van der Waals surface area contributed by atoms with Gasteiger partial charge in [0, 0.05) is 20.8 Å². The van der Waals surface area contributed by atoms with E-state index in [1.807, 2.05) is 5.70 Å². The Morgan fingerprint density at radius 2 is 1.59 bits per heavy atom. The van der Waals surface area contributed by atoms with E-state index in [-0.39, 0.29) is 0 Å². The molecule has 1 aliphatic heterocycles. The highest BCUT2D eigenvalue weighted by atomic mass is 28.3. The first-order valence-corrected chi connectivity index (χ1v) is 10.7. The van der Waals surface area contributed by atoms with E-state index in [4.69, 9.17) is 14.2 Å². The van der Waals surface area contributed by atoms with Gasteiger partial charge in [0.1, 0.15) is 6.10 Å². The van der Waals surface area contributed by atoms with Gasteiger partial charge in [-0.05, 0) is 6.92 Å². The number of carbonyl (C=O) groups excluding carboxylic acids is 3. The van der Waals surface area contributed by atoms with Crippen molar-refractivity contribution in [2.45, 2.75) is 59.2 Å². The molecule has 0 aromatic carbocycles. The predicted octanol–water partition coefficient (Wildman–Crippen LogP) is 2.19. The molecule has 1 atom stereocenters. The summed E-state index contributed by atoms with van der Waals surface area (Å²) in [6.07, 6.45) is 0.530. The zero-order valence-corrected chi connectivity index (χ0v) is 15.2. The maximum absolute atomic E-state index is 12.4. The van der Waals surface area contributed by atoms with Gasteiger partial charge < -0.3 is 14.2 Å². The van der Waals surface area contributed by atoms with E-state index in [2.05, 4.69) is 19.6 Å². The lowest BCUT2D eigenvalue weighted by Crippen LogP contribution is -2.58. The first-order chi connectivity index (χ1) is 9.78. The SMILES string of the molecule is CC(=O)O[C@H](/C=C/[Si](C)(C)C)C1(C)C(=O)OC(C)(C)OC1=O. The van der Waals surface area contributed by atoms with Crippen molar-refractivity contribution in [2.75, 3.05) is 0 Å². The third-order valence-electron chi connectivity index (χ3n) is 3.16. The van der Waals surface area contributed by atoms with Crippen molar-refractivity contribution in [3.8, 4) is 0 Å². The molecule has 0 aromatic heterocycles. The summed E-state index contributed by atoms with van der Waals surface area (Å²) in [5.74, 6) is -3.44. The fourth-order valence-corrected chi connectivity index (χ4v) is 2.65. The number of esters is 3. The summed E-state index contributed by atoms with van der Waals surface area (Å²) in [5.41, 5.74) is 0.198. The summed E-state index contributed by atoms with van der Waals surface area (Å²) in [5, 5.41) is 0. The average molecular weight is 328 g/mol. The van der Waals surface area contributed by atoms with E-state index in [1.54, 1.807) is 6.08 Å². The van der Waals surface area contributed by atoms with Crippen molar-refractivity contribution < 1.29 is 28.6 Å². The molecule has 22 heavy (non-hydrogen) atoms. The third kappa shape index (κ3) is 4.19. The fourth-order valence-electron chi connectivity index (χ4n) is 1.90. The van der Waals surface area contributed by atoms with Crippen LogP contribution in [0.1, 0.15) is 27.7 Å². The lowest BCUT2D eigenvalue weighted by molar-refractivity contribution is -0.255. The summed E-state index contributed by atoms with van der Waals surface area (Å²) >= 11 is 0. The Morgan fingerprint density at radius 3 is 1.95 bits per heavy atom. The van der Waals surface area contributed by atoms with Gasteiger partial charge in [-0.1, -0.05) is 31.4 Å². The highest BCUT2D eigenvalue weighted by Crippen LogP contribution is 2.37. The van der Waals surface area contributed by atoms with Crippen LogP contribution in [0.15, 0.2) is 11.8 Å². The number of ether oxygens (including phenoxy) is 3. The number of rotatable bonds is 4. The Bertz CT molecular complexity index is 495. The normalized spacial score (nSPS) is 22.0. The zero-order valence-electron chi connectivity index (χ0n) is 14.2. The zero-order chi connectivity index (χ0) is 17.3. The molecule has 1 aliphatic rings. The average Bonchev–Trinajstić information content (AvgIpc) is 2.28. The second kappa shape index (κ2) is 5.87. The topological polar surface area (TPSA) is 78.9 Å². The Morgan fingerprint density at radius 1 is 1.14 bits per heavy atom. The smallest absolute Gasteiger partial charge is 0.330 e. The first kappa shape index (κ1) is 18.4. The van der Waals surface area contributed by atoms with Gasteiger partial charge in [-0.25, -0.2) is 0 Å². The van der Waals surface area contributed by atoms with Gasteiger partial charge in [0.2, 0.25) is 5.41 Å². The van der Waals surface area contributed by atoms with Crippen LogP contribution in [0.3, 0.4) is 0 Å². The van der Waals surface area contributed by atoms with Crippen LogP contribution in [-0.4, -0.2) is 37.9 Å². The van der Waals surface area contributed by atoms with Crippen molar-refractivity contribution in [3.05, 3.63) is 11.8 Å². The van der Waals surface area contributed by atoms with Crippen LogP contribution in [0, 0.1) is 5.41 Å². The molecule has 6 nitrogen and oxygen atoms in total. The van der Waals surface area contributed by atoms with Crippen molar-refractivity contribution in [1.29, 1.82) is 0 Å². The molecule has 0 bridgehead atoms. The van der Waals surface area contributed by atoms with Crippen LogP contribution in [0.25, 0.3) is 0 Å². The van der Waals surface area contributed by atoms with Crippen LogP contribution in [0.5, 0.6) is 0 Å². The number of hydrogen-bond donors (Lipinski definition) is 0. The summed E-state index contributed by atoms with van der Waals surface area (Å²) < 4.78 is 15.5. The minimum Gasteiger partial charge on any atom is -0.456 e. The third-order valence-corrected chi connectivity index (χ3v) is 4.35. The molecule has 0 radical (unpaired) electrons. The largest absolute Gasteiger partial charge is 0.456 e. The van der Waals surface area contributed by atoms with E-state index in [0.717, 1.165) is 0 Å². The quantitative estimate of drug-likeness (QED) is 0.447. The van der Waals surface area contributed by atoms with Gasteiger partial charge >= 0.3 is 17.9 Å². The maximum Gasteiger partial charge on any atom is 0.330 e. The summed E-state index contributed by atoms with van der Waals surface area (Å²) in [7, 11) is -1.62. The number of cyclic esters (lactones) is 2. The molecule has 0 aromatic rings. The summed E-state index contributed by atoms with van der Waals surface area (Å²) in [4.78, 5) is 36.1. The molecular weight excluding hydrogens is 304 g/mol. The summed E-state index contributed by atoms with van der Waals surface area (Å²) in [6.45, 7) is 11.8. The lowest BCUT2D eigenvalue weighted by Gasteiger charge is -2.40. The van der Waals surface area contributed by atoms with Crippen LogP contribution >= 0.6 is 0 Å². The molecular formula is C15H24O6Si. The molecule has 124 valence electrons. The van der Waals surface area contributed by atoms with Gasteiger partial charge in [-0.3, -0.25) is 14.4 Å². The fraction of sp³-hybridized carbons (Fsp3) is 0.667. The molecule has 1 rings (SSSR count). The molecule has 0 amide bonds. The minimum atomic E-state index is -1.71. The Hall–Kier alpha value is -1.63. The predicted molar refractivity (Wildman–Crippen MR) is 82.4 cm³/mol. The van der Waals surface area contributed by atoms with Crippen LogP contribution < -0.4 is 0 Å². The molecule has 0 saturated carbocycles. The maximum atomic E-state index is 12.4. The Labute approximate surface area is 131 Å². The molecule has 7 heteroatoms. The van der Waals surface area contributed by atoms with Crippen molar-refractivity contribution >= 4 is 26.0 Å². The van der Waals surface area contributed by atoms with Gasteiger partial charge in [0.25, 0.3) is 5.79 Å². The standard InChI is InChI=1S/C15H24O6Si/c1-10(16)19-11(8-9-22(5,6)7)15(4)12(17)20-14(2,3)21-13(15)18/h8-9,11H,1-7H3/b9-8+/t11-/m1/s1. The molecule has 0 N–H and O–H groups in total. The van der Waals surface area contributed by atoms with Crippen LogP contribution in [0.2, 0.25) is 19.6 Å². The van der Waals surface area contributed by atoms with Crippen molar-refractivity contribution in [3.63, 3.8) is 0 Å². The highest BCUT2D eigenvalue weighted by molar-refractivity contribution is 6.80. The second-order valence-electron chi connectivity index (χ2n) is 7.14. The lowest BCUT2D eigenvalue weighted by atomic mass is 9.83. The number of carbonyl (C=O) groups is 3. The van der Waals surface area contributed by atoms with E-state index >= 15 is 0 Å². The molecule has 1 heterocycles. The van der Waals surface area contributed by atoms with Crippen molar-refractivity contribution in [2.24, 2.45) is 5.41 Å². The van der Waals surface area contributed by atoms with Gasteiger partial charge in [-0.2, -0.15) is 0 Å². The van der Waals surface area contributed by atoms with Crippen LogP contribution in [-0.2, 0) is 28.6 Å². The molecule has 0 spiro atoms. The highest BCUT2D eigenvalue weighted by Gasteiger charge is 2.58. The molecule has 1 saturated heterocycles. The minimum absolute atomic E-state index is 0.586. The van der Waals surface area contributed by atoms with E-state index in [1.165, 1.54) is 27.7 Å². The van der Waals surface area contributed by atoms with Gasteiger partial charge in [-0.15, -0.1) is 0 Å². The van der Waals surface area contributed by atoms with Crippen molar-refractivity contribution in [1.82, 2.24) is 0 Å². The van der Waals surface area contributed by atoms with E-state index in [0.29, 0.717) is 0 Å². The van der Waals surface area contributed by atoms with Gasteiger partial charge in [0.05, 0.1) is 8.07 Å². The number of hydrogen-bond acceptors (Lipinski definition) is 6. The van der Waals surface area contributed by atoms with Gasteiger partial charge in [0.15, 0.2) is 0 Å². The van der Waals surface area contributed by atoms with E-state index in [9.17, 15) is 14.4 Å². The Balaban J connectivity index is 3.22. The monoisotopic (exact) mass is 328 g/mol. The Kier molecular flexibility index (Phi) is 4.91. The van der Waals surface area contributed by atoms with E-state index < -0.39 is 43.3 Å². The molecule has 0 unspecified atom stereocenters. The summed E-state index contributed by atoms with van der Waals surface area (Å²) in [6, 6.07) is 0. The second-order valence-corrected chi connectivity index (χ2v) is 12.2. The molecule has 1 fully saturated rings. The van der Waals surface area contributed by atoms with Crippen LogP contribution in [0.4, 0.5) is 0 Å².